The Bertz CT molecular complexity index is 1140. The first-order chi connectivity index (χ1) is 15.2. The van der Waals surface area contributed by atoms with Gasteiger partial charge < -0.3 is 19.9 Å². The van der Waals surface area contributed by atoms with E-state index in [1.54, 1.807) is 7.11 Å². The average molecular weight is 436 g/mol. The lowest BCUT2D eigenvalue weighted by molar-refractivity contribution is 0.374. The average Bonchev–Trinajstić information content (AvgIpc) is 3.15. The first kappa shape index (κ1) is 19.1. The van der Waals surface area contributed by atoms with Crippen LogP contribution in [0.3, 0.4) is 0 Å². The van der Waals surface area contributed by atoms with Crippen LogP contribution in [0.15, 0.2) is 36.4 Å². The molecule has 2 bridgehead atoms. The molecule has 0 spiro atoms. The Hall–Kier alpha value is -2.57. The number of anilines is 2. The lowest BCUT2D eigenvalue weighted by atomic mass is 10.0. The van der Waals surface area contributed by atoms with Gasteiger partial charge >= 0.3 is 6.01 Å². The normalized spacial score (nSPS) is 22.6. The van der Waals surface area contributed by atoms with Crippen molar-refractivity contribution in [1.82, 2.24) is 15.3 Å². The molecule has 2 atom stereocenters. The van der Waals surface area contributed by atoms with Gasteiger partial charge in [0.15, 0.2) is 0 Å². The van der Waals surface area contributed by atoms with Gasteiger partial charge in [-0.05, 0) is 31.4 Å². The summed E-state index contributed by atoms with van der Waals surface area (Å²) in [6.45, 7) is 3.69. The summed E-state index contributed by atoms with van der Waals surface area (Å²) in [5.41, 5.74) is 3.54. The standard InChI is InChI=1S/C24H26ClN5O/c1-31-24-27-21-14-29(22-7-3-4-17-18(22)5-2-6-20(17)25)11-10-19(21)23(28-24)30-12-15-8-9-16(13-30)26-15/h2-7,15-16,26H,8-14H2,1H3. The van der Waals surface area contributed by atoms with E-state index in [0.29, 0.717) is 18.1 Å². The Balaban J connectivity index is 1.38. The molecule has 0 amide bonds. The zero-order chi connectivity index (χ0) is 20.9. The molecule has 6 nitrogen and oxygen atoms in total. The number of nitrogens with zero attached hydrogens (tertiary/aromatic N) is 4. The minimum Gasteiger partial charge on any atom is -0.467 e. The van der Waals surface area contributed by atoms with Crippen molar-refractivity contribution in [2.45, 2.75) is 37.9 Å². The number of halogens is 1. The van der Waals surface area contributed by atoms with Crippen LogP contribution in [0.1, 0.15) is 24.1 Å². The number of rotatable bonds is 3. The predicted octanol–water partition coefficient (Wildman–Crippen LogP) is 3.80. The molecule has 4 heterocycles. The predicted molar refractivity (Wildman–Crippen MR) is 124 cm³/mol. The second-order valence-corrected chi connectivity index (χ2v) is 9.19. The van der Waals surface area contributed by atoms with E-state index in [1.807, 2.05) is 12.1 Å². The van der Waals surface area contributed by atoms with E-state index < -0.39 is 0 Å². The van der Waals surface area contributed by atoms with Crippen LogP contribution in [0.4, 0.5) is 11.5 Å². The number of aromatic nitrogens is 2. The smallest absolute Gasteiger partial charge is 0.318 e. The molecular formula is C24H26ClN5O. The molecule has 2 fully saturated rings. The van der Waals surface area contributed by atoms with E-state index in [-0.39, 0.29) is 0 Å². The second-order valence-electron chi connectivity index (χ2n) is 8.79. The number of fused-ring (bicyclic) bond motifs is 4. The van der Waals surface area contributed by atoms with Gasteiger partial charge in [0.25, 0.3) is 0 Å². The maximum Gasteiger partial charge on any atom is 0.318 e. The maximum absolute atomic E-state index is 6.46. The molecular weight excluding hydrogens is 410 g/mol. The SMILES string of the molecule is COc1nc2c(c(N3CC4CCC(C3)N4)n1)CCN(c1cccc3c(Cl)cccc13)C2. The Morgan fingerprint density at radius 3 is 2.58 bits per heavy atom. The van der Waals surface area contributed by atoms with Crippen LogP contribution >= 0.6 is 11.6 Å². The third-order valence-corrected chi connectivity index (χ3v) is 7.24. The molecule has 3 aliphatic rings. The van der Waals surface area contributed by atoms with E-state index in [1.165, 1.54) is 29.5 Å². The van der Waals surface area contributed by atoms with E-state index >= 15 is 0 Å². The van der Waals surface area contributed by atoms with E-state index in [4.69, 9.17) is 26.3 Å². The minimum atomic E-state index is 0.461. The molecule has 6 rings (SSSR count). The zero-order valence-electron chi connectivity index (χ0n) is 17.6. The summed E-state index contributed by atoms with van der Waals surface area (Å²) in [5, 5.41) is 6.77. The molecule has 3 aromatic rings. The summed E-state index contributed by atoms with van der Waals surface area (Å²) in [7, 11) is 1.65. The molecule has 0 aliphatic carbocycles. The molecule has 0 saturated carbocycles. The summed E-state index contributed by atoms with van der Waals surface area (Å²) in [5.74, 6) is 1.07. The van der Waals surface area contributed by atoms with Crippen LogP contribution < -0.4 is 19.9 Å². The topological polar surface area (TPSA) is 53.5 Å². The van der Waals surface area contributed by atoms with Crippen molar-refractivity contribution < 1.29 is 4.74 Å². The Kier molecular flexibility index (Phi) is 4.65. The van der Waals surface area contributed by atoms with E-state index in [2.05, 4.69) is 39.4 Å². The van der Waals surface area contributed by atoms with Crippen LogP contribution in [0.2, 0.25) is 5.02 Å². The number of piperazine rings is 1. The summed E-state index contributed by atoms with van der Waals surface area (Å²) in [6.07, 6.45) is 3.43. The van der Waals surface area contributed by atoms with Crippen molar-refractivity contribution in [3.05, 3.63) is 52.7 Å². The molecule has 2 saturated heterocycles. The number of methoxy groups -OCH3 is 1. The monoisotopic (exact) mass is 435 g/mol. The number of ether oxygens (including phenoxy) is 1. The van der Waals surface area contributed by atoms with Crippen molar-refractivity contribution >= 4 is 33.9 Å². The number of nitrogens with one attached hydrogen (secondary N) is 1. The minimum absolute atomic E-state index is 0.461. The molecule has 7 heteroatoms. The van der Waals surface area contributed by atoms with E-state index in [0.717, 1.165) is 54.5 Å². The van der Waals surface area contributed by atoms with Gasteiger partial charge in [-0.15, -0.1) is 0 Å². The number of hydrogen-bond acceptors (Lipinski definition) is 6. The van der Waals surface area contributed by atoms with Gasteiger partial charge in [-0.2, -0.15) is 9.97 Å². The van der Waals surface area contributed by atoms with Crippen molar-refractivity contribution in [2.24, 2.45) is 0 Å². The maximum atomic E-state index is 6.46. The van der Waals surface area contributed by atoms with Gasteiger partial charge in [0.2, 0.25) is 0 Å². The highest BCUT2D eigenvalue weighted by molar-refractivity contribution is 6.35. The van der Waals surface area contributed by atoms with Crippen LogP contribution in [0.25, 0.3) is 10.8 Å². The fourth-order valence-electron chi connectivity index (χ4n) is 5.45. The third-order valence-electron chi connectivity index (χ3n) is 6.91. The van der Waals surface area contributed by atoms with Crippen LogP contribution in [-0.4, -0.2) is 48.8 Å². The van der Waals surface area contributed by atoms with Crippen LogP contribution in [0.5, 0.6) is 6.01 Å². The molecule has 2 aromatic carbocycles. The highest BCUT2D eigenvalue weighted by atomic mass is 35.5. The second kappa shape index (κ2) is 7.53. The van der Waals surface area contributed by atoms with Crippen molar-refractivity contribution in [2.75, 3.05) is 36.5 Å². The van der Waals surface area contributed by atoms with Gasteiger partial charge in [-0.25, -0.2) is 0 Å². The zero-order valence-corrected chi connectivity index (χ0v) is 18.4. The quantitative estimate of drug-likeness (QED) is 0.675. The van der Waals surface area contributed by atoms with Crippen LogP contribution in [0, 0.1) is 0 Å². The first-order valence-electron chi connectivity index (χ1n) is 11.1. The van der Waals surface area contributed by atoms with Crippen molar-refractivity contribution in [1.29, 1.82) is 0 Å². The molecule has 2 unspecified atom stereocenters. The van der Waals surface area contributed by atoms with Crippen LogP contribution in [-0.2, 0) is 13.0 Å². The van der Waals surface area contributed by atoms with Gasteiger partial charge in [0, 0.05) is 58.8 Å². The Morgan fingerprint density at radius 1 is 1.00 bits per heavy atom. The first-order valence-corrected chi connectivity index (χ1v) is 11.4. The van der Waals surface area contributed by atoms with Gasteiger partial charge in [0.05, 0.1) is 19.3 Å². The number of hydrogen-bond donors (Lipinski definition) is 1. The summed E-state index contributed by atoms with van der Waals surface area (Å²) in [6, 6.07) is 14.1. The highest BCUT2D eigenvalue weighted by Crippen LogP contribution is 2.36. The summed E-state index contributed by atoms with van der Waals surface area (Å²) >= 11 is 6.46. The lowest BCUT2D eigenvalue weighted by Gasteiger charge is -2.37. The largest absolute Gasteiger partial charge is 0.467 e. The van der Waals surface area contributed by atoms with E-state index in [9.17, 15) is 0 Å². The molecule has 3 aliphatic heterocycles. The third kappa shape index (κ3) is 3.29. The lowest BCUT2D eigenvalue weighted by Crippen LogP contribution is -2.52. The van der Waals surface area contributed by atoms with Crippen molar-refractivity contribution in [3.63, 3.8) is 0 Å². The molecule has 1 aromatic heterocycles. The summed E-state index contributed by atoms with van der Waals surface area (Å²) < 4.78 is 5.51. The highest BCUT2D eigenvalue weighted by Gasteiger charge is 2.35. The Morgan fingerprint density at radius 2 is 1.77 bits per heavy atom. The summed E-state index contributed by atoms with van der Waals surface area (Å²) in [4.78, 5) is 14.4. The van der Waals surface area contributed by atoms with Gasteiger partial charge in [0.1, 0.15) is 5.82 Å². The molecule has 160 valence electrons. The molecule has 0 radical (unpaired) electrons. The van der Waals surface area contributed by atoms with Gasteiger partial charge in [-0.1, -0.05) is 35.9 Å². The molecule has 31 heavy (non-hydrogen) atoms. The fraction of sp³-hybridized carbons (Fsp3) is 0.417. The van der Waals surface area contributed by atoms with Gasteiger partial charge in [-0.3, -0.25) is 0 Å². The molecule has 1 N–H and O–H groups in total. The fourth-order valence-corrected chi connectivity index (χ4v) is 5.69. The Labute approximate surface area is 187 Å². The van der Waals surface area contributed by atoms with Crippen molar-refractivity contribution in [3.8, 4) is 6.01 Å². The number of benzene rings is 2.